The minimum absolute atomic E-state index is 0.149. The fraction of sp³-hybridized carbons (Fsp3) is 0.500. The molecule has 0 spiro atoms. The Bertz CT molecular complexity index is 331. The minimum atomic E-state index is -0.860. The van der Waals surface area contributed by atoms with Gasteiger partial charge in [-0.25, -0.2) is 0 Å². The molecular formula is C14H23NO3. The summed E-state index contributed by atoms with van der Waals surface area (Å²) in [7, 11) is 0. The van der Waals surface area contributed by atoms with Gasteiger partial charge in [0.15, 0.2) is 0 Å². The van der Waals surface area contributed by atoms with Crippen LogP contribution in [0.3, 0.4) is 0 Å². The molecule has 0 aromatic heterocycles. The predicted molar refractivity (Wildman–Crippen MR) is 72.7 cm³/mol. The van der Waals surface area contributed by atoms with Gasteiger partial charge in [0, 0.05) is 0 Å². The smallest absolute Gasteiger partial charge is 0.310 e. The molecule has 0 aliphatic rings. The largest absolute Gasteiger partial charge is 0.508 e. The highest BCUT2D eigenvalue weighted by Crippen LogP contribution is 2.18. The van der Waals surface area contributed by atoms with E-state index in [2.05, 4.69) is 6.92 Å². The van der Waals surface area contributed by atoms with Crippen LogP contribution < -0.4 is 5.73 Å². The van der Waals surface area contributed by atoms with Crippen molar-refractivity contribution >= 4 is 5.97 Å². The SMILES string of the molecule is CC(C(=O)O)c1ccc(O)cc1.CCCCCN. The highest BCUT2D eigenvalue weighted by Gasteiger charge is 2.12. The van der Waals surface area contributed by atoms with E-state index in [0.717, 1.165) is 6.54 Å². The third kappa shape index (κ3) is 6.91. The maximum absolute atomic E-state index is 10.5. The van der Waals surface area contributed by atoms with Crippen molar-refractivity contribution in [2.75, 3.05) is 6.54 Å². The molecule has 4 nitrogen and oxygen atoms in total. The van der Waals surface area contributed by atoms with Crippen LogP contribution in [0.5, 0.6) is 5.75 Å². The first-order valence-corrected chi connectivity index (χ1v) is 6.24. The number of nitrogens with two attached hydrogens (primary N) is 1. The van der Waals surface area contributed by atoms with E-state index in [1.54, 1.807) is 19.1 Å². The number of aromatic hydroxyl groups is 1. The highest BCUT2D eigenvalue weighted by molar-refractivity contribution is 5.75. The second kappa shape index (κ2) is 9.48. The monoisotopic (exact) mass is 253 g/mol. The Hall–Kier alpha value is -1.55. The molecule has 4 N–H and O–H groups in total. The molecule has 0 saturated carbocycles. The number of hydrogen-bond acceptors (Lipinski definition) is 3. The molecule has 102 valence electrons. The van der Waals surface area contributed by atoms with Crippen LogP contribution in [-0.2, 0) is 4.79 Å². The molecule has 0 bridgehead atoms. The topological polar surface area (TPSA) is 83.5 Å². The first-order chi connectivity index (χ1) is 8.52. The third-order valence-corrected chi connectivity index (χ3v) is 2.57. The Labute approximate surface area is 108 Å². The fourth-order valence-electron chi connectivity index (χ4n) is 1.30. The zero-order chi connectivity index (χ0) is 14.0. The van der Waals surface area contributed by atoms with Crippen LogP contribution in [-0.4, -0.2) is 22.7 Å². The lowest BCUT2D eigenvalue weighted by atomic mass is 10.0. The van der Waals surface area contributed by atoms with Crippen LogP contribution in [0.15, 0.2) is 24.3 Å². The average molecular weight is 253 g/mol. The molecule has 1 unspecified atom stereocenters. The zero-order valence-corrected chi connectivity index (χ0v) is 11.1. The van der Waals surface area contributed by atoms with Crippen molar-refractivity contribution in [1.82, 2.24) is 0 Å². The highest BCUT2D eigenvalue weighted by atomic mass is 16.4. The Morgan fingerprint density at radius 1 is 1.28 bits per heavy atom. The van der Waals surface area contributed by atoms with Gasteiger partial charge in [-0.2, -0.15) is 0 Å². The summed E-state index contributed by atoms with van der Waals surface area (Å²) in [6, 6.07) is 6.17. The molecule has 4 heteroatoms. The van der Waals surface area contributed by atoms with E-state index < -0.39 is 11.9 Å². The predicted octanol–water partition coefficient (Wildman–Crippen LogP) is 2.72. The summed E-state index contributed by atoms with van der Waals surface area (Å²) in [5.74, 6) is -1.23. The molecule has 0 fully saturated rings. The second-order valence-corrected chi connectivity index (χ2v) is 4.15. The lowest BCUT2D eigenvalue weighted by molar-refractivity contribution is -0.138. The van der Waals surface area contributed by atoms with E-state index >= 15 is 0 Å². The fourth-order valence-corrected chi connectivity index (χ4v) is 1.30. The van der Waals surface area contributed by atoms with Crippen molar-refractivity contribution in [3.05, 3.63) is 29.8 Å². The molecule has 0 saturated heterocycles. The summed E-state index contributed by atoms with van der Waals surface area (Å²) in [5.41, 5.74) is 5.91. The van der Waals surface area contributed by atoms with Crippen LogP contribution in [0, 0.1) is 0 Å². The lowest BCUT2D eigenvalue weighted by Gasteiger charge is -2.05. The van der Waals surface area contributed by atoms with Crippen molar-refractivity contribution in [3.8, 4) is 5.75 Å². The van der Waals surface area contributed by atoms with Gasteiger partial charge in [-0.1, -0.05) is 31.9 Å². The van der Waals surface area contributed by atoms with Gasteiger partial charge in [-0.05, 0) is 37.6 Å². The van der Waals surface area contributed by atoms with Crippen LogP contribution in [0.4, 0.5) is 0 Å². The van der Waals surface area contributed by atoms with E-state index in [-0.39, 0.29) is 5.75 Å². The molecule has 0 aliphatic carbocycles. The first kappa shape index (κ1) is 16.4. The number of aliphatic carboxylic acids is 1. The molecule has 0 aliphatic heterocycles. The molecular weight excluding hydrogens is 230 g/mol. The molecule has 1 atom stereocenters. The Morgan fingerprint density at radius 3 is 2.17 bits per heavy atom. The van der Waals surface area contributed by atoms with Crippen molar-refractivity contribution < 1.29 is 15.0 Å². The molecule has 1 aromatic carbocycles. The normalized spacial score (nSPS) is 11.3. The van der Waals surface area contributed by atoms with Gasteiger partial charge < -0.3 is 15.9 Å². The molecule has 0 heterocycles. The summed E-state index contributed by atoms with van der Waals surface area (Å²) in [6.07, 6.45) is 3.75. The van der Waals surface area contributed by atoms with Gasteiger partial charge in [-0.15, -0.1) is 0 Å². The molecule has 0 radical (unpaired) electrons. The van der Waals surface area contributed by atoms with Crippen LogP contribution in [0.25, 0.3) is 0 Å². The van der Waals surface area contributed by atoms with Crippen LogP contribution in [0.1, 0.15) is 44.6 Å². The Kier molecular flexibility index (Phi) is 8.66. The average Bonchev–Trinajstić information content (AvgIpc) is 2.37. The summed E-state index contributed by atoms with van der Waals surface area (Å²) >= 11 is 0. The van der Waals surface area contributed by atoms with Gasteiger partial charge in [-0.3, -0.25) is 4.79 Å². The number of carboxylic acid groups (broad SMARTS) is 1. The van der Waals surface area contributed by atoms with E-state index in [4.69, 9.17) is 15.9 Å². The summed E-state index contributed by atoms with van der Waals surface area (Å²) in [5, 5.41) is 17.6. The van der Waals surface area contributed by atoms with Gasteiger partial charge in [0.2, 0.25) is 0 Å². The van der Waals surface area contributed by atoms with E-state index in [0.29, 0.717) is 5.56 Å². The number of phenolic OH excluding ortho intramolecular Hbond substituents is 1. The van der Waals surface area contributed by atoms with Crippen LogP contribution >= 0.6 is 0 Å². The maximum Gasteiger partial charge on any atom is 0.310 e. The number of carbonyl (C=O) groups is 1. The quantitative estimate of drug-likeness (QED) is 0.704. The van der Waals surface area contributed by atoms with Crippen molar-refractivity contribution in [1.29, 1.82) is 0 Å². The first-order valence-electron chi connectivity index (χ1n) is 6.24. The summed E-state index contributed by atoms with van der Waals surface area (Å²) in [4.78, 5) is 10.5. The summed E-state index contributed by atoms with van der Waals surface area (Å²) < 4.78 is 0. The number of rotatable bonds is 5. The van der Waals surface area contributed by atoms with Crippen molar-refractivity contribution in [3.63, 3.8) is 0 Å². The van der Waals surface area contributed by atoms with E-state index in [9.17, 15) is 4.79 Å². The number of carboxylic acids is 1. The molecule has 1 aromatic rings. The number of hydrogen-bond donors (Lipinski definition) is 3. The number of unbranched alkanes of at least 4 members (excludes halogenated alkanes) is 2. The summed E-state index contributed by atoms with van der Waals surface area (Å²) in [6.45, 7) is 4.64. The van der Waals surface area contributed by atoms with Crippen LogP contribution in [0.2, 0.25) is 0 Å². The minimum Gasteiger partial charge on any atom is -0.508 e. The molecule has 0 amide bonds. The Morgan fingerprint density at radius 2 is 1.83 bits per heavy atom. The van der Waals surface area contributed by atoms with E-state index in [1.165, 1.54) is 31.4 Å². The lowest BCUT2D eigenvalue weighted by Crippen LogP contribution is -2.06. The van der Waals surface area contributed by atoms with Gasteiger partial charge in [0.25, 0.3) is 0 Å². The standard InChI is InChI=1S/C9H10O3.C5H13N/c1-6(9(11)12)7-2-4-8(10)5-3-7;1-2-3-4-5-6/h2-6,10H,1H3,(H,11,12);2-6H2,1H3. The number of benzene rings is 1. The number of phenols is 1. The second-order valence-electron chi connectivity index (χ2n) is 4.15. The van der Waals surface area contributed by atoms with Gasteiger partial charge in [0.1, 0.15) is 5.75 Å². The molecule has 18 heavy (non-hydrogen) atoms. The van der Waals surface area contributed by atoms with Crippen molar-refractivity contribution in [2.45, 2.75) is 39.0 Å². The third-order valence-electron chi connectivity index (χ3n) is 2.57. The molecule has 1 rings (SSSR count). The maximum atomic E-state index is 10.5. The van der Waals surface area contributed by atoms with E-state index in [1.807, 2.05) is 0 Å². The Balaban J connectivity index is 0.000000411. The zero-order valence-electron chi connectivity index (χ0n) is 11.1. The van der Waals surface area contributed by atoms with Gasteiger partial charge in [0.05, 0.1) is 5.92 Å². The van der Waals surface area contributed by atoms with Gasteiger partial charge >= 0.3 is 5.97 Å². The van der Waals surface area contributed by atoms with Crippen molar-refractivity contribution in [2.24, 2.45) is 5.73 Å².